The lowest BCUT2D eigenvalue weighted by molar-refractivity contribution is 0.0716. The van der Waals surface area contributed by atoms with Gasteiger partial charge in [-0.3, -0.25) is 4.79 Å². The van der Waals surface area contributed by atoms with Crippen LogP contribution in [0.3, 0.4) is 0 Å². The Morgan fingerprint density at radius 2 is 2.00 bits per heavy atom. The standard InChI is InChI=1S/C12H15BrClNO3S/c1-4-15(8(2)3)12(16)9-5-6-10(13)11(7-9)19(14,17)18/h5-8H,4H2,1-3H3. The van der Waals surface area contributed by atoms with E-state index in [1.807, 2.05) is 20.8 Å². The zero-order valence-corrected chi connectivity index (χ0v) is 14.0. The van der Waals surface area contributed by atoms with Crippen LogP contribution in [0.4, 0.5) is 0 Å². The van der Waals surface area contributed by atoms with Gasteiger partial charge in [0.2, 0.25) is 0 Å². The molecule has 1 rings (SSSR count). The van der Waals surface area contributed by atoms with E-state index in [-0.39, 0.29) is 16.8 Å². The van der Waals surface area contributed by atoms with Crippen molar-refractivity contribution in [3.05, 3.63) is 28.2 Å². The van der Waals surface area contributed by atoms with Crippen molar-refractivity contribution in [1.29, 1.82) is 0 Å². The minimum Gasteiger partial charge on any atom is -0.337 e. The second-order valence-electron chi connectivity index (χ2n) is 4.27. The average Bonchev–Trinajstić information content (AvgIpc) is 2.28. The van der Waals surface area contributed by atoms with Gasteiger partial charge in [0.05, 0.1) is 4.90 Å². The van der Waals surface area contributed by atoms with Crippen LogP contribution in [0.5, 0.6) is 0 Å². The third-order valence-electron chi connectivity index (χ3n) is 2.67. The van der Waals surface area contributed by atoms with Gasteiger partial charge >= 0.3 is 0 Å². The lowest BCUT2D eigenvalue weighted by Crippen LogP contribution is -2.36. The van der Waals surface area contributed by atoms with E-state index in [9.17, 15) is 13.2 Å². The van der Waals surface area contributed by atoms with Gasteiger partial charge in [0, 0.05) is 33.3 Å². The molecule has 0 fully saturated rings. The van der Waals surface area contributed by atoms with Crippen LogP contribution in [0.15, 0.2) is 27.6 Å². The summed E-state index contributed by atoms with van der Waals surface area (Å²) in [5.74, 6) is -0.216. The lowest BCUT2D eigenvalue weighted by atomic mass is 10.1. The number of rotatable bonds is 4. The molecular weight excluding hydrogens is 354 g/mol. The zero-order valence-electron chi connectivity index (χ0n) is 10.9. The Labute approximate surface area is 126 Å². The van der Waals surface area contributed by atoms with E-state index in [1.54, 1.807) is 11.0 Å². The molecule has 0 N–H and O–H groups in total. The molecule has 0 saturated heterocycles. The Kier molecular flexibility index (Phi) is 5.41. The van der Waals surface area contributed by atoms with Crippen molar-refractivity contribution in [2.75, 3.05) is 6.54 Å². The van der Waals surface area contributed by atoms with E-state index in [2.05, 4.69) is 15.9 Å². The summed E-state index contributed by atoms with van der Waals surface area (Å²) in [7, 11) is 1.45. The number of nitrogens with zero attached hydrogens (tertiary/aromatic N) is 1. The highest BCUT2D eigenvalue weighted by Crippen LogP contribution is 2.26. The quantitative estimate of drug-likeness (QED) is 0.767. The van der Waals surface area contributed by atoms with Crippen LogP contribution in [-0.4, -0.2) is 31.8 Å². The fourth-order valence-electron chi connectivity index (χ4n) is 1.73. The summed E-state index contributed by atoms with van der Waals surface area (Å²) in [5, 5.41) is 0. The maximum absolute atomic E-state index is 12.3. The van der Waals surface area contributed by atoms with Gasteiger partial charge in [0.25, 0.3) is 15.0 Å². The molecule has 7 heteroatoms. The highest BCUT2D eigenvalue weighted by Gasteiger charge is 2.21. The summed E-state index contributed by atoms with van der Waals surface area (Å²) in [6.45, 7) is 6.23. The molecule has 0 aromatic heterocycles. The van der Waals surface area contributed by atoms with Gasteiger partial charge in [-0.15, -0.1) is 0 Å². The molecule has 0 heterocycles. The summed E-state index contributed by atoms with van der Waals surface area (Å²) in [4.78, 5) is 13.8. The molecule has 106 valence electrons. The largest absolute Gasteiger partial charge is 0.337 e. The van der Waals surface area contributed by atoms with Crippen LogP contribution < -0.4 is 0 Å². The van der Waals surface area contributed by atoms with Crippen molar-refractivity contribution in [3.8, 4) is 0 Å². The SMILES string of the molecule is CCN(C(=O)c1ccc(Br)c(S(=O)(=O)Cl)c1)C(C)C. The van der Waals surface area contributed by atoms with E-state index >= 15 is 0 Å². The van der Waals surface area contributed by atoms with Gasteiger partial charge in [-0.2, -0.15) is 0 Å². The van der Waals surface area contributed by atoms with Gasteiger partial charge in [-0.1, -0.05) is 0 Å². The van der Waals surface area contributed by atoms with Gasteiger partial charge in [-0.25, -0.2) is 8.42 Å². The zero-order chi connectivity index (χ0) is 14.8. The minimum atomic E-state index is -3.89. The topological polar surface area (TPSA) is 54.5 Å². The first-order valence-corrected chi connectivity index (χ1v) is 8.84. The van der Waals surface area contributed by atoms with Gasteiger partial charge in [0.15, 0.2) is 0 Å². The first kappa shape index (κ1) is 16.5. The molecule has 0 radical (unpaired) electrons. The summed E-state index contributed by atoms with van der Waals surface area (Å²) < 4.78 is 23.2. The second-order valence-corrected chi connectivity index (χ2v) is 7.66. The van der Waals surface area contributed by atoms with E-state index in [0.29, 0.717) is 16.6 Å². The lowest BCUT2D eigenvalue weighted by Gasteiger charge is -2.25. The number of amides is 1. The third-order valence-corrected chi connectivity index (χ3v) is 4.98. The maximum Gasteiger partial charge on any atom is 0.262 e. The maximum atomic E-state index is 12.3. The normalized spacial score (nSPS) is 11.7. The third kappa shape index (κ3) is 3.94. The Hall–Kier alpha value is -0.590. The molecule has 0 spiro atoms. The molecule has 4 nitrogen and oxygen atoms in total. The van der Waals surface area contributed by atoms with E-state index in [4.69, 9.17) is 10.7 Å². The van der Waals surface area contributed by atoms with Crippen LogP contribution in [0.2, 0.25) is 0 Å². The van der Waals surface area contributed by atoms with Crippen molar-refractivity contribution in [1.82, 2.24) is 4.90 Å². The Bertz CT molecular complexity index is 587. The van der Waals surface area contributed by atoms with Gasteiger partial charge in [-0.05, 0) is 54.9 Å². The summed E-state index contributed by atoms with van der Waals surface area (Å²) in [6, 6.07) is 4.41. The van der Waals surface area contributed by atoms with E-state index in [0.717, 1.165) is 0 Å². The van der Waals surface area contributed by atoms with E-state index < -0.39 is 9.05 Å². The van der Waals surface area contributed by atoms with Crippen LogP contribution >= 0.6 is 26.6 Å². The average molecular weight is 369 g/mol. The fraction of sp³-hybridized carbons (Fsp3) is 0.417. The number of halogens is 2. The molecule has 0 atom stereocenters. The molecule has 0 unspecified atom stereocenters. The first-order valence-electron chi connectivity index (χ1n) is 5.73. The molecule has 1 amide bonds. The number of carbonyl (C=O) groups excluding carboxylic acids is 1. The minimum absolute atomic E-state index is 0.0391. The van der Waals surface area contributed by atoms with Crippen molar-refractivity contribution in [2.45, 2.75) is 31.7 Å². The Morgan fingerprint density at radius 3 is 2.42 bits per heavy atom. The molecule has 19 heavy (non-hydrogen) atoms. The van der Waals surface area contributed by atoms with Crippen LogP contribution in [0.25, 0.3) is 0 Å². The predicted molar refractivity (Wildman–Crippen MR) is 79.0 cm³/mol. The molecular formula is C12H15BrClNO3S. The van der Waals surface area contributed by atoms with Gasteiger partial charge < -0.3 is 4.90 Å². The molecule has 0 bridgehead atoms. The summed E-state index contributed by atoms with van der Waals surface area (Å²) in [6.07, 6.45) is 0. The fourth-order valence-corrected chi connectivity index (χ4v) is 3.85. The number of hydrogen-bond donors (Lipinski definition) is 0. The smallest absolute Gasteiger partial charge is 0.262 e. The van der Waals surface area contributed by atoms with E-state index in [1.165, 1.54) is 12.1 Å². The van der Waals surface area contributed by atoms with Crippen LogP contribution in [0, 0.1) is 0 Å². The Balaban J connectivity index is 3.27. The molecule has 0 aliphatic carbocycles. The first-order chi connectivity index (χ1) is 8.68. The number of hydrogen-bond acceptors (Lipinski definition) is 3. The summed E-state index contributed by atoms with van der Waals surface area (Å²) >= 11 is 3.11. The Morgan fingerprint density at radius 1 is 1.42 bits per heavy atom. The monoisotopic (exact) mass is 367 g/mol. The molecule has 0 aliphatic rings. The molecule has 0 aliphatic heterocycles. The highest BCUT2D eigenvalue weighted by atomic mass is 79.9. The molecule has 0 saturated carbocycles. The van der Waals surface area contributed by atoms with Crippen molar-refractivity contribution in [2.24, 2.45) is 0 Å². The molecule has 1 aromatic rings. The number of benzene rings is 1. The van der Waals surface area contributed by atoms with Crippen molar-refractivity contribution >= 4 is 41.6 Å². The van der Waals surface area contributed by atoms with Crippen molar-refractivity contribution in [3.63, 3.8) is 0 Å². The second kappa shape index (κ2) is 6.24. The van der Waals surface area contributed by atoms with Crippen molar-refractivity contribution < 1.29 is 13.2 Å². The summed E-state index contributed by atoms with van der Waals surface area (Å²) in [5.41, 5.74) is 0.304. The number of carbonyl (C=O) groups is 1. The van der Waals surface area contributed by atoms with Gasteiger partial charge in [0.1, 0.15) is 0 Å². The highest BCUT2D eigenvalue weighted by molar-refractivity contribution is 9.10. The molecule has 1 aromatic carbocycles. The van der Waals surface area contributed by atoms with Crippen LogP contribution in [0.1, 0.15) is 31.1 Å². The predicted octanol–water partition coefficient (Wildman–Crippen LogP) is 3.25. The van der Waals surface area contributed by atoms with Crippen LogP contribution in [-0.2, 0) is 9.05 Å².